The number of aryl methyl sites for hydroxylation is 2. The highest BCUT2D eigenvalue weighted by Gasteiger charge is 2.32. The number of carbonyl (C=O) groups excluding carboxylic acids is 1. The van der Waals surface area contributed by atoms with Crippen LogP contribution in [0.25, 0.3) is 0 Å². The topological polar surface area (TPSA) is 71.0 Å². The third kappa shape index (κ3) is 2.67. The van der Waals surface area contributed by atoms with E-state index in [1.165, 1.54) is 0 Å². The molecular weight excluding hydrogens is 242 g/mol. The van der Waals surface area contributed by atoms with Crippen molar-refractivity contribution in [2.24, 2.45) is 0 Å². The molecule has 6 nitrogen and oxygen atoms in total. The summed E-state index contributed by atoms with van der Waals surface area (Å²) in [5.74, 6) is 0.610. The van der Waals surface area contributed by atoms with E-state index >= 15 is 0 Å². The highest BCUT2D eigenvalue weighted by atomic mass is 16.2. The minimum absolute atomic E-state index is 0.0266. The summed E-state index contributed by atoms with van der Waals surface area (Å²) in [5, 5.41) is 11.1. The highest BCUT2D eigenvalue weighted by molar-refractivity contribution is 5.84. The van der Waals surface area contributed by atoms with Crippen molar-refractivity contribution in [3.63, 3.8) is 0 Å². The van der Waals surface area contributed by atoms with Crippen molar-refractivity contribution >= 4 is 11.9 Å². The Balaban J connectivity index is 2.28. The van der Waals surface area contributed by atoms with Gasteiger partial charge >= 0.3 is 0 Å². The zero-order valence-corrected chi connectivity index (χ0v) is 11.8. The van der Waals surface area contributed by atoms with Gasteiger partial charge in [-0.1, -0.05) is 13.8 Å². The van der Waals surface area contributed by atoms with Gasteiger partial charge in [-0.2, -0.15) is 5.10 Å². The van der Waals surface area contributed by atoms with Gasteiger partial charge in [0.25, 0.3) is 0 Å². The Morgan fingerprint density at radius 3 is 2.68 bits per heavy atom. The van der Waals surface area contributed by atoms with E-state index < -0.39 is 0 Å². The zero-order valence-electron chi connectivity index (χ0n) is 11.8. The number of aromatic nitrogens is 3. The number of anilines is 1. The van der Waals surface area contributed by atoms with E-state index in [2.05, 4.69) is 27.4 Å². The molecule has 1 aromatic heterocycles. The summed E-state index contributed by atoms with van der Waals surface area (Å²) in [6, 6.07) is -0.163. The van der Waals surface area contributed by atoms with Crippen molar-refractivity contribution in [2.45, 2.75) is 45.6 Å². The van der Waals surface area contributed by atoms with Crippen LogP contribution in [0.15, 0.2) is 0 Å². The Bertz CT molecular complexity index is 462. The molecule has 2 rings (SSSR count). The van der Waals surface area contributed by atoms with E-state index in [1.807, 2.05) is 11.8 Å². The number of amides is 1. The van der Waals surface area contributed by atoms with E-state index in [0.29, 0.717) is 5.95 Å². The SMILES string of the molecule is CCc1nnc(N2CCCC2C(=O)NC)nc1CC. The van der Waals surface area contributed by atoms with Gasteiger partial charge in [0, 0.05) is 13.6 Å². The maximum atomic E-state index is 11.8. The quantitative estimate of drug-likeness (QED) is 0.866. The van der Waals surface area contributed by atoms with Crippen LogP contribution < -0.4 is 10.2 Å². The molecule has 0 bridgehead atoms. The van der Waals surface area contributed by atoms with E-state index in [0.717, 1.165) is 43.6 Å². The van der Waals surface area contributed by atoms with Crippen molar-refractivity contribution in [1.29, 1.82) is 0 Å². The summed E-state index contributed by atoms with van der Waals surface area (Å²) in [5.41, 5.74) is 1.93. The molecule has 1 unspecified atom stereocenters. The lowest BCUT2D eigenvalue weighted by atomic mass is 10.2. The van der Waals surface area contributed by atoms with Crippen molar-refractivity contribution in [3.8, 4) is 0 Å². The second-order valence-corrected chi connectivity index (χ2v) is 4.68. The molecule has 0 aromatic carbocycles. The first-order valence-corrected chi connectivity index (χ1v) is 6.91. The first kappa shape index (κ1) is 13.7. The molecule has 1 amide bonds. The van der Waals surface area contributed by atoms with Gasteiger partial charge in [-0.15, -0.1) is 5.10 Å². The molecular formula is C13H21N5O. The van der Waals surface area contributed by atoms with Crippen LogP contribution in [-0.2, 0) is 17.6 Å². The molecule has 1 saturated heterocycles. The fraction of sp³-hybridized carbons (Fsp3) is 0.692. The maximum Gasteiger partial charge on any atom is 0.246 e. The molecule has 6 heteroatoms. The Hall–Kier alpha value is -1.72. The van der Waals surface area contributed by atoms with Crippen molar-refractivity contribution in [2.75, 3.05) is 18.5 Å². The third-order valence-electron chi connectivity index (χ3n) is 3.56. The number of hydrogen-bond acceptors (Lipinski definition) is 5. The molecule has 1 aromatic rings. The summed E-state index contributed by atoms with van der Waals surface area (Å²) in [6.07, 6.45) is 3.50. The van der Waals surface area contributed by atoms with Crippen LogP contribution >= 0.6 is 0 Å². The number of nitrogens with one attached hydrogen (secondary N) is 1. The average molecular weight is 263 g/mol. The Morgan fingerprint density at radius 2 is 2.05 bits per heavy atom. The molecule has 0 aliphatic carbocycles. The van der Waals surface area contributed by atoms with E-state index in [1.54, 1.807) is 7.05 Å². The number of nitrogens with zero attached hydrogens (tertiary/aromatic N) is 4. The average Bonchev–Trinajstić information content (AvgIpc) is 2.95. The Labute approximate surface area is 113 Å². The lowest BCUT2D eigenvalue weighted by Crippen LogP contribution is -2.43. The summed E-state index contributed by atoms with van der Waals surface area (Å²) in [6.45, 7) is 4.93. The first-order valence-electron chi connectivity index (χ1n) is 6.91. The van der Waals surface area contributed by atoms with Gasteiger partial charge in [-0.25, -0.2) is 4.98 Å². The largest absolute Gasteiger partial charge is 0.357 e. The standard InChI is InChI=1S/C13H21N5O/c1-4-9-10(5-2)16-17-13(15-9)18-8-6-7-11(18)12(19)14-3/h11H,4-8H2,1-3H3,(H,14,19). The van der Waals surface area contributed by atoms with Crippen LogP contribution in [0.5, 0.6) is 0 Å². The summed E-state index contributed by atoms with van der Waals surface area (Å²) < 4.78 is 0. The first-order chi connectivity index (χ1) is 9.21. The van der Waals surface area contributed by atoms with Crippen molar-refractivity contribution in [1.82, 2.24) is 20.5 Å². The summed E-state index contributed by atoms with van der Waals surface area (Å²) in [4.78, 5) is 18.4. The lowest BCUT2D eigenvalue weighted by molar-refractivity contribution is -0.121. The van der Waals surface area contributed by atoms with Crippen molar-refractivity contribution < 1.29 is 4.79 Å². The minimum Gasteiger partial charge on any atom is -0.357 e. The van der Waals surface area contributed by atoms with Gasteiger partial charge in [0.15, 0.2) is 0 Å². The molecule has 1 aliphatic rings. The highest BCUT2D eigenvalue weighted by Crippen LogP contribution is 2.22. The van der Waals surface area contributed by atoms with E-state index in [-0.39, 0.29) is 11.9 Å². The molecule has 1 fully saturated rings. The van der Waals surface area contributed by atoms with E-state index in [9.17, 15) is 4.79 Å². The zero-order chi connectivity index (χ0) is 13.8. The summed E-state index contributed by atoms with van der Waals surface area (Å²) in [7, 11) is 1.66. The van der Waals surface area contributed by atoms with Gasteiger partial charge in [0.05, 0.1) is 11.4 Å². The molecule has 19 heavy (non-hydrogen) atoms. The Morgan fingerprint density at radius 1 is 1.32 bits per heavy atom. The fourth-order valence-electron chi connectivity index (χ4n) is 2.50. The van der Waals surface area contributed by atoms with Gasteiger partial charge in [-0.05, 0) is 25.7 Å². The van der Waals surface area contributed by atoms with Crippen LogP contribution in [0.3, 0.4) is 0 Å². The van der Waals surface area contributed by atoms with Gasteiger partial charge in [0.2, 0.25) is 11.9 Å². The molecule has 1 aliphatic heterocycles. The maximum absolute atomic E-state index is 11.8. The fourth-order valence-corrected chi connectivity index (χ4v) is 2.50. The molecule has 0 spiro atoms. The monoisotopic (exact) mass is 263 g/mol. The van der Waals surface area contributed by atoms with Crippen LogP contribution in [0, 0.1) is 0 Å². The number of carbonyl (C=O) groups is 1. The van der Waals surface area contributed by atoms with Crippen LogP contribution in [0.2, 0.25) is 0 Å². The Kier molecular flexibility index (Phi) is 4.29. The predicted molar refractivity (Wildman–Crippen MR) is 73.0 cm³/mol. The second kappa shape index (κ2) is 5.95. The number of rotatable bonds is 4. The summed E-state index contributed by atoms with van der Waals surface area (Å²) >= 11 is 0. The van der Waals surface area contributed by atoms with Crippen molar-refractivity contribution in [3.05, 3.63) is 11.4 Å². The van der Waals surface area contributed by atoms with Gasteiger partial charge < -0.3 is 10.2 Å². The second-order valence-electron chi connectivity index (χ2n) is 4.68. The van der Waals surface area contributed by atoms with Crippen LogP contribution in [0.1, 0.15) is 38.1 Å². The molecule has 2 heterocycles. The normalized spacial score (nSPS) is 18.7. The van der Waals surface area contributed by atoms with Crippen LogP contribution in [-0.4, -0.2) is 40.7 Å². The minimum atomic E-state index is -0.163. The molecule has 104 valence electrons. The van der Waals surface area contributed by atoms with Gasteiger partial charge in [0.1, 0.15) is 6.04 Å². The van der Waals surface area contributed by atoms with E-state index in [4.69, 9.17) is 0 Å². The predicted octanol–water partition coefficient (Wildman–Crippen LogP) is 0.711. The van der Waals surface area contributed by atoms with Crippen LogP contribution in [0.4, 0.5) is 5.95 Å². The molecule has 1 atom stereocenters. The number of likely N-dealkylation sites (N-methyl/N-ethyl adjacent to an activating group) is 1. The third-order valence-corrected chi connectivity index (χ3v) is 3.56. The smallest absolute Gasteiger partial charge is 0.246 e. The lowest BCUT2D eigenvalue weighted by Gasteiger charge is -2.23. The molecule has 0 radical (unpaired) electrons. The molecule has 1 N–H and O–H groups in total. The van der Waals surface area contributed by atoms with Gasteiger partial charge in [-0.3, -0.25) is 4.79 Å². The molecule has 0 saturated carbocycles. The number of hydrogen-bond donors (Lipinski definition) is 1.